The summed E-state index contributed by atoms with van der Waals surface area (Å²) in [6.45, 7) is 1.35. The minimum absolute atomic E-state index is 0.175. The van der Waals surface area contributed by atoms with E-state index >= 15 is 0 Å². The minimum atomic E-state index is 0.175. The van der Waals surface area contributed by atoms with Gasteiger partial charge in [0, 0.05) is 12.7 Å². The van der Waals surface area contributed by atoms with Gasteiger partial charge in [-0.3, -0.25) is 0 Å². The molecular formula is C12H18N2O3. The molecule has 0 aliphatic carbocycles. The molecule has 5 heteroatoms. The fraction of sp³-hybridized carbons (Fsp3) is 0.583. The highest BCUT2D eigenvalue weighted by molar-refractivity contribution is 5.49. The molecule has 0 aromatic carbocycles. The summed E-state index contributed by atoms with van der Waals surface area (Å²) in [5.41, 5.74) is 6.18. The van der Waals surface area contributed by atoms with Crippen molar-refractivity contribution >= 4 is 5.69 Å². The van der Waals surface area contributed by atoms with Crippen molar-refractivity contribution in [3.8, 4) is 11.8 Å². The van der Waals surface area contributed by atoms with Gasteiger partial charge in [-0.25, -0.2) is 0 Å². The van der Waals surface area contributed by atoms with Crippen LogP contribution in [0.25, 0.3) is 0 Å². The van der Waals surface area contributed by atoms with Gasteiger partial charge in [-0.1, -0.05) is 0 Å². The summed E-state index contributed by atoms with van der Waals surface area (Å²) in [5, 5.41) is 0. The topological polar surface area (TPSA) is 66.6 Å². The Morgan fingerprint density at radius 2 is 2.35 bits per heavy atom. The molecule has 94 valence electrons. The molecule has 1 aliphatic rings. The Hall–Kier alpha value is -1.49. The van der Waals surface area contributed by atoms with Crippen LogP contribution in [0.1, 0.15) is 19.3 Å². The Morgan fingerprint density at radius 1 is 1.47 bits per heavy atom. The Balaban J connectivity index is 1.89. The van der Waals surface area contributed by atoms with Gasteiger partial charge in [-0.2, -0.15) is 4.98 Å². The SMILES string of the molecule is COc1nc(OCC2CCCCO2)ccc1N. The average molecular weight is 238 g/mol. The average Bonchev–Trinajstić information content (AvgIpc) is 2.39. The van der Waals surface area contributed by atoms with Crippen LogP contribution in [-0.2, 0) is 4.74 Å². The highest BCUT2D eigenvalue weighted by Gasteiger charge is 2.15. The second-order valence-corrected chi connectivity index (χ2v) is 4.05. The number of rotatable bonds is 4. The van der Waals surface area contributed by atoms with Crippen molar-refractivity contribution in [2.75, 3.05) is 26.1 Å². The third kappa shape index (κ3) is 3.23. The van der Waals surface area contributed by atoms with E-state index in [1.807, 2.05) is 0 Å². The van der Waals surface area contributed by atoms with E-state index in [2.05, 4.69) is 4.98 Å². The van der Waals surface area contributed by atoms with Crippen LogP contribution in [0.3, 0.4) is 0 Å². The highest BCUT2D eigenvalue weighted by Crippen LogP contribution is 2.22. The molecule has 0 saturated carbocycles. The molecule has 1 aromatic heterocycles. The van der Waals surface area contributed by atoms with Gasteiger partial charge in [-0.15, -0.1) is 0 Å². The number of anilines is 1. The van der Waals surface area contributed by atoms with Crippen LogP contribution in [-0.4, -0.2) is 31.4 Å². The summed E-state index contributed by atoms with van der Waals surface area (Å²) in [6, 6.07) is 3.46. The summed E-state index contributed by atoms with van der Waals surface area (Å²) >= 11 is 0. The summed E-state index contributed by atoms with van der Waals surface area (Å²) in [6.07, 6.45) is 3.57. The lowest BCUT2D eigenvalue weighted by Crippen LogP contribution is -2.26. The molecular weight excluding hydrogens is 220 g/mol. The molecule has 2 heterocycles. The number of nitrogens with two attached hydrogens (primary N) is 1. The Bertz CT molecular complexity index is 365. The van der Waals surface area contributed by atoms with Gasteiger partial charge < -0.3 is 19.9 Å². The first-order valence-corrected chi connectivity index (χ1v) is 5.84. The predicted molar refractivity (Wildman–Crippen MR) is 64.3 cm³/mol. The van der Waals surface area contributed by atoms with Crippen LogP contribution in [0.15, 0.2) is 12.1 Å². The van der Waals surface area contributed by atoms with E-state index in [1.54, 1.807) is 12.1 Å². The number of pyridine rings is 1. The molecule has 5 nitrogen and oxygen atoms in total. The Morgan fingerprint density at radius 3 is 3.06 bits per heavy atom. The van der Waals surface area contributed by atoms with Crippen LogP contribution < -0.4 is 15.2 Å². The first kappa shape index (κ1) is 12.0. The van der Waals surface area contributed by atoms with Crippen molar-refractivity contribution < 1.29 is 14.2 Å². The second kappa shape index (κ2) is 5.72. The van der Waals surface area contributed by atoms with E-state index in [-0.39, 0.29) is 6.10 Å². The maximum absolute atomic E-state index is 5.67. The number of methoxy groups -OCH3 is 1. The lowest BCUT2D eigenvalue weighted by atomic mass is 10.1. The molecule has 2 rings (SSSR count). The van der Waals surface area contributed by atoms with Crippen molar-refractivity contribution in [3.05, 3.63) is 12.1 Å². The Kier molecular flexibility index (Phi) is 4.03. The molecule has 1 aliphatic heterocycles. The zero-order valence-corrected chi connectivity index (χ0v) is 10.0. The van der Waals surface area contributed by atoms with Crippen LogP contribution in [0.4, 0.5) is 5.69 Å². The quantitative estimate of drug-likeness (QED) is 0.863. The van der Waals surface area contributed by atoms with E-state index in [0.717, 1.165) is 19.4 Å². The molecule has 0 spiro atoms. The summed E-state index contributed by atoms with van der Waals surface area (Å²) < 4.78 is 16.2. The molecule has 1 aromatic rings. The minimum Gasteiger partial charge on any atom is -0.479 e. The molecule has 0 amide bonds. The standard InChI is InChI=1S/C12H18N2O3/c1-15-12-10(13)5-6-11(14-12)17-8-9-4-2-3-7-16-9/h5-6,9H,2-4,7-8,13H2,1H3. The summed E-state index contributed by atoms with van der Waals surface area (Å²) in [7, 11) is 1.53. The van der Waals surface area contributed by atoms with Crippen LogP contribution in [0.5, 0.6) is 11.8 Å². The first-order valence-electron chi connectivity index (χ1n) is 5.84. The van der Waals surface area contributed by atoms with E-state index in [0.29, 0.717) is 24.1 Å². The van der Waals surface area contributed by atoms with Crippen LogP contribution in [0.2, 0.25) is 0 Å². The second-order valence-electron chi connectivity index (χ2n) is 4.05. The Labute approximate surface area is 101 Å². The molecule has 0 bridgehead atoms. The van der Waals surface area contributed by atoms with Crippen molar-refractivity contribution in [2.24, 2.45) is 0 Å². The molecule has 1 saturated heterocycles. The van der Waals surface area contributed by atoms with Crippen LogP contribution >= 0.6 is 0 Å². The van der Waals surface area contributed by atoms with Gasteiger partial charge in [0.1, 0.15) is 6.61 Å². The number of nitrogens with zero attached hydrogens (tertiary/aromatic N) is 1. The lowest BCUT2D eigenvalue weighted by Gasteiger charge is -2.22. The predicted octanol–water partition coefficient (Wildman–Crippen LogP) is 1.62. The van der Waals surface area contributed by atoms with Gasteiger partial charge in [0.25, 0.3) is 0 Å². The van der Waals surface area contributed by atoms with Gasteiger partial charge in [0.2, 0.25) is 11.8 Å². The number of aromatic nitrogens is 1. The van der Waals surface area contributed by atoms with E-state index in [4.69, 9.17) is 19.9 Å². The smallest absolute Gasteiger partial charge is 0.240 e. The summed E-state index contributed by atoms with van der Waals surface area (Å²) in [5.74, 6) is 0.914. The number of hydrogen-bond donors (Lipinski definition) is 1. The van der Waals surface area contributed by atoms with Crippen molar-refractivity contribution in [1.82, 2.24) is 4.98 Å². The molecule has 1 unspecified atom stereocenters. The third-order valence-corrected chi connectivity index (χ3v) is 2.75. The summed E-state index contributed by atoms with van der Waals surface area (Å²) in [4.78, 5) is 4.15. The van der Waals surface area contributed by atoms with Gasteiger partial charge in [-0.05, 0) is 25.3 Å². The first-order chi connectivity index (χ1) is 8.29. The number of nitrogen functional groups attached to an aromatic ring is 1. The van der Waals surface area contributed by atoms with Gasteiger partial charge in [0.05, 0.1) is 18.9 Å². The zero-order valence-electron chi connectivity index (χ0n) is 10.0. The number of ether oxygens (including phenoxy) is 3. The zero-order chi connectivity index (χ0) is 12.1. The third-order valence-electron chi connectivity index (χ3n) is 2.75. The van der Waals surface area contributed by atoms with Crippen molar-refractivity contribution in [1.29, 1.82) is 0 Å². The monoisotopic (exact) mass is 238 g/mol. The van der Waals surface area contributed by atoms with Crippen molar-refractivity contribution in [2.45, 2.75) is 25.4 Å². The number of hydrogen-bond acceptors (Lipinski definition) is 5. The molecule has 1 fully saturated rings. The largest absolute Gasteiger partial charge is 0.479 e. The fourth-order valence-corrected chi connectivity index (χ4v) is 1.80. The molecule has 17 heavy (non-hydrogen) atoms. The maximum Gasteiger partial charge on any atom is 0.240 e. The molecule has 1 atom stereocenters. The highest BCUT2D eigenvalue weighted by atomic mass is 16.5. The van der Waals surface area contributed by atoms with Gasteiger partial charge in [0.15, 0.2) is 0 Å². The lowest BCUT2D eigenvalue weighted by molar-refractivity contribution is -0.0120. The van der Waals surface area contributed by atoms with Crippen LogP contribution in [0, 0.1) is 0 Å². The van der Waals surface area contributed by atoms with Crippen molar-refractivity contribution in [3.63, 3.8) is 0 Å². The van der Waals surface area contributed by atoms with Gasteiger partial charge >= 0.3 is 0 Å². The van der Waals surface area contributed by atoms with E-state index < -0.39 is 0 Å². The fourth-order valence-electron chi connectivity index (χ4n) is 1.80. The normalized spacial score (nSPS) is 19.9. The molecule has 2 N–H and O–H groups in total. The van der Waals surface area contributed by atoms with E-state index in [1.165, 1.54) is 13.5 Å². The molecule has 0 radical (unpaired) electrons. The maximum atomic E-state index is 5.67. The van der Waals surface area contributed by atoms with E-state index in [9.17, 15) is 0 Å².